The molecule has 0 saturated carbocycles. The molecule has 6 aliphatic heterocycles. The maximum Gasteiger partial charge on any atom is 0.264 e. The summed E-state index contributed by atoms with van der Waals surface area (Å²) in [4.78, 5) is 95.8. The van der Waals surface area contributed by atoms with E-state index in [0.717, 1.165) is 62.2 Å². The van der Waals surface area contributed by atoms with E-state index >= 15 is 0 Å². The quantitative estimate of drug-likeness (QED) is 0.00894. The zero-order valence-electron chi connectivity index (χ0n) is 83.4. The number of phenolic OH excluding ortho intramolecular Hbond substituents is 1. The van der Waals surface area contributed by atoms with Crippen LogP contribution in [0.15, 0.2) is 141 Å². The molecule has 0 unspecified atom stereocenters. The summed E-state index contributed by atoms with van der Waals surface area (Å²) in [6, 6.07) is 25.6. The van der Waals surface area contributed by atoms with Crippen LogP contribution in [0.25, 0.3) is 0 Å². The van der Waals surface area contributed by atoms with Crippen molar-refractivity contribution in [2.45, 2.75) is 211 Å². The summed E-state index contributed by atoms with van der Waals surface area (Å²) >= 11 is 0. The van der Waals surface area contributed by atoms with Gasteiger partial charge < -0.3 is 83.9 Å². The third-order valence-electron chi connectivity index (χ3n) is 23.1. The number of methoxy groups -OCH3 is 3. The first-order valence-corrected chi connectivity index (χ1v) is 57.7. The van der Waals surface area contributed by atoms with Crippen molar-refractivity contribution in [1.29, 1.82) is 0 Å². The lowest BCUT2D eigenvalue weighted by molar-refractivity contribution is -0.122. The second-order valence-corrected chi connectivity index (χ2v) is 48.4. The van der Waals surface area contributed by atoms with E-state index in [4.69, 9.17) is 56.2 Å². The summed E-state index contributed by atoms with van der Waals surface area (Å²) in [5, 5.41) is 37.0. The molecule has 0 aliphatic carbocycles. The summed E-state index contributed by atoms with van der Waals surface area (Å²) in [5.74, 6) is 3.49. The fourth-order valence-electron chi connectivity index (χ4n) is 15.6. The Morgan fingerprint density at radius 1 is 0.418 bits per heavy atom. The number of hydrogen-bond acceptors (Lipinski definition) is 32. The van der Waals surface area contributed by atoms with Gasteiger partial charge in [0.1, 0.15) is 30.5 Å². The molecule has 3 fully saturated rings. The van der Waals surface area contributed by atoms with E-state index in [9.17, 15) is 60.9 Å². The van der Waals surface area contributed by atoms with E-state index in [0.29, 0.717) is 194 Å². The van der Waals surface area contributed by atoms with Gasteiger partial charge in [-0.15, -0.1) is 0 Å². The Kier molecular flexibility index (Phi) is 45.2. The van der Waals surface area contributed by atoms with Crippen molar-refractivity contribution < 1.29 is 107 Å². The molecule has 6 N–H and O–H groups in total. The Bertz CT molecular complexity index is 5540. The van der Waals surface area contributed by atoms with Gasteiger partial charge in [-0.3, -0.25) is 52.1 Å². The number of nitrogens with zero attached hydrogens (tertiary/aromatic N) is 6. The van der Waals surface area contributed by atoms with Crippen LogP contribution in [-0.2, 0) is 82.6 Å². The predicted molar refractivity (Wildman–Crippen MR) is 566 cm³/mol. The molecule has 6 aliphatic rings. The Labute approximate surface area is 853 Å². The van der Waals surface area contributed by atoms with Crippen LogP contribution in [0.2, 0.25) is 0 Å². The van der Waals surface area contributed by atoms with E-state index in [-0.39, 0.29) is 119 Å². The van der Waals surface area contributed by atoms with Gasteiger partial charge in [-0.2, -0.15) is 16.8 Å². The summed E-state index contributed by atoms with van der Waals surface area (Å²) in [6.07, 6.45) is 27.7. The normalized spacial score (nSPS) is 16.7. The topological polar surface area (TPSA) is 407 Å². The fraction of sp³-hybridized carbons (Fsp3) is 0.495. The number of nitrogens with one attached hydrogen (secondary N) is 3. The first-order valence-electron chi connectivity index (χ1n) is 46.4. The average molecular weight is 2100 g/mol. The van der Waals surface area contributed by atoms with Gasteiger partial charge in [-0.25, -0.2) is 0 Å². The number of phenols is 1. The highest BCUT2D eigenvalue weighted by atomic mass is 33.1. The van der Waals surface area contributed by atoms with Crippen LogP contribution < -0.4 is 53.8 Å². The smallest absolute Gasteiger partial charge is 0.264 e. The zero-order chi connectivity index (χ0) is 103. The molecule has 0 aromatic heterocycles. The number of aliphatic hydroxyl groups excluding tert-OH is 2. The second-order valence-electron chi connectivity index (χ2n) is 35.8. The molecule has 6 aromatic rings. The Balaban J connectivity index is 0.000000237. The van der Waals surface area contributed by atoms with Crippen molar-refractivity contribution in [3.8, 4) is 51.7 Å². The third kappa shape index (κ3) is 36.9. The molecule has 12 rings (SSSR count). The fourth-order valence-corrected chi connectivity index (χ4v) is 23.0. The molecular weight excluding hydrogens is 1960 g/mol. The van der Waals surface area contributed by atoms with Crippen LogP contribution in [0.5, 0.6) is 51.7 Å². The SMILES string of the molecule is C/C=C1\C[C@H]2C=Nc3cc(O)c(OC)cc3C(=O)N2C1.C/C=C1\C[C@H]2C=Nc3cc(OCc4cc(COc5cc6c(cc5OC)C(=O)N5C/C(=C/C)C[C@H]5C=N6)cc(OCCCNC(=O)CCC(C)(C)SSC)c4)c(OC)cc3C(=O)N2C1.CSSC(C)(C)CCC(=O)NCCCOc1cc(CO)cc(CO)c1.CSSC(C)(C)CCC(=O)NCCCOc1cc(COS(C)(=O)=O)cc(COS(C)(=O)=O)c1. The standard InChI is InChI=1S/C48H57N5O8S2.C20H33NO8S4.C18H29NO4S2.C15H16N2O3/c1-8-30-16-34-24-50-39-22-43(41(57-5)20-37(39)46(55)52(34)26-30)60-28-32-15-33(19-36(18-32)59-14-10-13-49-45(54)11-12-48(3,4)63-62-7)29-61-44-23-40-38(21-42(44)58-6)47(56)53-27-31(9-2)17-35(53)25-51-40;1-20(2,31-30-3)8-7-19(22)21-9-6-10-27-18-12-16(14-28-32(4,23)24)11-17(13-18)15-29-33(5,25)26;1-18(2,25-24-3)6-5-17(22)19-7-4-8-23-16-10-14(12-20)9-15(11-16)13-21;1-3-9-4-10-7-16-12-6-13(18)14(20-2)5-11(12)15(19)17(10)8-9/h8-9,15,18-25,34-35H,10-14,16-17,26-29H2,1-7H3,(H,49,54);11-13H,6-10,14-15H2,1-5H3,(H,21,22);9-11,20-21H,4-8,12-13H2,1-3H3,(H,19,22);3,5-7,10,18H,4,8H2,1-2H3/b30-8+,31-9+;;;9-3+/t34-,35-;;;10-/m0..0/s1. The van der Waals surface area contributed by atoms with Gasteiger partial charge in [0, 0.05) is 110 Å². The molecule has 770 valence electrons. The van der Waals surface area contributed by atoms with Gasteiger partial charge in [0.05, 0.1) is 132 Å². The first-order chi connectivity index (χ1) is 67.1. The molecule has 0 spiro atoms. The number of amides is 6. The number of aliphatic imine (C=N–C) groups is 3. The lowest BCUT2D eigenvalue weighted by Crippen LogP contribution is -2.35. The molecular formula is C101H135N9O23S8. The number of rotatable bonds is 47. The molecule has 0 radical (unpaired) electrons. The molecule has 40 heteroatoms. The summed E-state index contributed by atoms with van der Waals surface area (Å²) < 4.78 is 102. The van der Waals surface area contributed by atoms with Gasteiger partial charge in [0.2, 0.25) is 17.7 Å². The maximum absolute atomic E-state index is 13.7. The van der Waals surface area contributed by atoms with Gasteiger partial charge in [0.25, 0.3) is 38.0 Å². The molecule has 6 heterocycles. The summed E-state index contributed by atoms with van der Waals surface area (Å²) in [6.45, 7) is 22.9. The number of benzene rings is 6. The van der Waals surface area contributed by atoms with Gasteiger partial charge in [-0.1, -0.05) is 112 Å². The number of ether oxygens (including phenoxy) is 8. The number of hydrogen-bond donors (Lipinski definition) is 6. The second kappa shape index (κ2) is 55.5. The lowest BCUT2D eigenvalue weighted by atomic mass is 10.1. The molecule has 6 amide bonds. The van der Waals surface area contributed by atoms with Crippen molar-refractivity contribution in [1.82, 2.24) is 30.7 Å². The van der Waals surface area contributed by atoms with E-state index < -0.39 is 20.2 Å². The zero-order valence-corrected chi connectivity index (χ0v) is 89.9. The maximum atomic E-state index is 13.7. The predicted octanol–water partition coefficient (Wildman–Crippen LogP) is 17.6. The number of carbonyl (C=O) groups is 6. The number of carbonyl (C=O) groups excluding carboxylic acids is 6. The van der Waals surface area contributed by atoms with Gasteiger partial charge in [-0.05, 0) is 233 Å². The molecule has 0 bridgehead atoms. The number of fused-ring (bicyclic) bond motifs is 6. The summed E-state index contributed by atoms with van der Waals surface area (Å²) in [5.41, 5.74) is 10.6. The number of allylic oxidation sites excluding steroid dienone is 3. The number of aromatic hydroxyl groups is 1. The van der Waals surface area contributed by atoms with Crippen molar-refractivity contribution in [2.24, 2.45) is 15.0 Å². The third-order valence-corrected chi connectivity index (χ3v) is 32.2. The Morgan fingerprint density at radius 2 is 0.709 bits per heavy atom. The van der Waals surface area contributed by atoms with Gasteiger partial charge >= 0.3 is 0 Å². The monoisotopic (exact) mass is 2100 g/mol. The van der Waals surface area contributed by atoms with E-state index in [1.807, 2.05) is 86.0 Å². The molecule has 3 saturated heterocycles. The van der Waals surface area contributed by atoms with Crippen LogP contribution in [0.4, 0.5) is 17.1 Å². The molecule has 6 aromatic carbocycles. The Hall–Kier alpha value is -9.59. The van der Waals surface area contributed by atoms with Crippen molar-refractivity contribution in [3.63, 3.8) is 0 Å². The minimum atomic E-state index is -3.64. The largest absolute Gasteiger partial charge is 0.504 e. The highest BCUT2D eigenvalue weighted by Gasteiger charge is 2.39. The van der Waals surface area contributed by atoms with E-state index in [1.54, 1.807) is 157 Å². The minimum Gasteiger partial charge on any atom is -0.504 e. The first kappa shape index (κ1) is 115. The van der Waals surface area contributed by atoms with Crippen molar-refractivity contribution >= 4 is 156 Å². The number of aliphatic hydroxyl groups is 2. The van der Waals surface area contributed by atoms with Crippen LogP contribution >= 0.6 is 64.8 Å². The molecule has 141 heavy (non-hydrogen) atoms. The van der Waals surface area contributed by atoms with Gasteiger partial charge in [0.15, 0.2) is 34.5 Å². The van der Waals surface area contributed by atoms with E-state index in [2.05, 4.69) is 74.6 Å². The van der Waals surface area contributed by atoms with Crippen LogP contribution in [0, 0.1) is 0 Å². The van der Waals surface area contributed by atoms with Crippen molar-refractivity contribution in [3.05, 3.63) is 176 Å². The van der Waals surface area contributed by atoms with E-state index in [1.165, 1.54) is 29.9 Å². The minimum absolute atomic E-state index is 0.00534. The lowest BCUT2D eigenvalue weighted by Gasteiger charge is -2.21. The van der Waals surface area contributed by atoms with Crippen LogP contribution in [0.3, 0.4) is 0 Å². The van der Waals surface area contributed by atoms with Crippen molar-refractivity contribution in [2.75, 3.05) is 112 Å². The highest BCUT2D eigenvalue weighted by Crippen LogP contribution is 2.45. The molecule has 32 nitrogen and oxygen atoms in total. The van der Waals surface area contributed by atoms with Crippen LogP contribution in [0.1, 0.15) is 204 Å². The summed E-state index contributed by atoms with van der Waals surface area (Å²) in [7, 11) is 7.72. The highest BCUT2D eigenvalue weighted by molar-refractivity contribution is 8.77. The van der Waals surface area contributed by atoms with Crippen LogP contribution in [-0.4, -0.2) is 245 Å². The average Bonchev–Trinajstić information content (AvgIpc) is 1.65. The molecule has 3 atom stereocenters. The Morgan fingerprint density at radius 3 is 1.00 bits per heavy atom.